The molecule has 0 saturated heterocycles. The lowest BCUT2D eigenvalue weighted by Crippen LogP contribution is -2.31. The van der Waals surface area contributed by atoms with Crippen molar-refractivity contribution in [3.8, 4) is 5.75 Å². The molecule has 2 rings (SSSR count). The number of carboxylic acids is 1. The van der Waals surface area contributed by atoms with E-state index in [1.165, 1.54) is 0 Å². The molecule has 138 valence electrons. The topological polar surface area (TPSA) is 75.6 Å². The van der Waals surface area contributed by atoms with E-state index in [4.69, 9.17) is 4.74 Å². The normalized spacial score (nSPS) is 11.6. The molecule has 2 aromatic carbocycles. The van der Waals surface area contributed by atoms with Crippen molar-refractivity contribution >= 4 is 11.9 Å². The van der Waals surface area contributed by atoms with E-state index in [1.54, 1.807) is 0 Å². The summed E-state index contributed by atoms with van der Waals surface area (Å²) >= 11 is 0. The van der Waals surface area contributed by atoms with Crippen molar-refractivity contribution in [2.45, 2.75) is 39.2 Å². The van der Waals surface area contributed by atoms with E-state index in [9.17, 15) is 14.7 Å². The van der Waals surface area contributed by atoms with Gasteiger partial charge in [0.2, 0.25) is 5.91 Å². The Labute approximate surface area is 154 Å². The van der Waals surface area contributed by atoms with Crippen LogP contribution in [0.4, 0.5) is 0 Å². The predicted octanol–water partition coefficient (Wildman–Crippen LogP) is 3.66. The third-order valence-corrected chi connectivity index (χ3v) is 4.01. The fraction of sp³-hybridized carbons (Fsp3) is 0.333. The van der Waals surface area contributed by atoms with Crippen molar-refractivity contribution in [1.82, 2.24) is 5.32 Å². The summed E-state index contributed by atoms with van der Waals surface area (Å²) in [4.78, 5) is 23.7. The molecule has 0 radical (unpaired) electrons. The van der Waals surface area contributed by atoms with E-state index in [1.807, 2.05) is 62.4 Å². The second-order valence-corrected chi connectivity index (χ2v) is 6.25. The highest BCUT2D eigenvalue weighted by atomic mass is 16.5. The molecule has 26 heavy (non-hydrogen) atoms. The quantitative estimate of drug-likeness (QED) is 0.720. The van der Waals surface area contributed by atoms with Gasteiger partial charge in [-0.2, -0.15) is 0 Å². The summed E-state index contributed by atoms with van der Waals surface area (Å²) in [5.74, 6) is -0.432. The van der Waals surface area contributed by atoms with Crippen molar-refractivity contribution in [3.63, 3.8) is 0 Å². The summed E-state index contributed by atoms with van der Waals surface area (Å²) in [6.45, 7) is 4.57. The highest BCUT2D eigenvalue weighted by molar-refractivity contribution is 5.80. The summed E-state index contributed by atoms with van der Waals surface area (Å²) in [6, 6.07) is 14.3. The Morgan fingerprint density at radius 2 is 1.92 bits per heavy atom. The Hall–Kier alpha value is -2.82. The average Bonchev–Trinajstić information content (AvgIpc) is 2.59. The molecule has 2 aromatic rings. The number of hydrogen-bond donors (Lipinski definition) is 2. The zero-order valence-corrected chi connectivity index (χ0v) is 15.2. The standard InChI is InChI=1S/C21H25NO4/c1-3-11-26-17-9-6-8-16(12-17)13-20(23)22-19(14-21(24)25)18-10-5-4-7-15(18)2/h4-10,12,19H,3,11,13-14H2,1-2H3,(H,22,23)(H,24,25). The fourth-order valence-electron chi connectivity index (χ4n) is 2.79. The zero-order valence-electron chi connectivity index (χ0n) is 15.2. The number of carboxylic acid groups (broad SMARTS) is 1. The number of carbonyl (C=O) groups excluding carboxylic acids is 1. The van der Waals surface area contributed by atoms with Crippen molar-refractivity contribution < 1.29 is 19.4 Å². The lowest BCUT2D eigenvalue weighted by Gasteiger charge is -2.19. The van der Waals surface area contributed by atoms with E-state index in [2.05, 4.69) is 5.32 Å². The van der Waals surface area contributed by atoms with Gasteiger partial charge in [-0.15, -0.1) is 0 Å². The molecule has 1 atom stereocenters. The summed E-state index contributed by atoms with van der Waals surface area (Å²) in [7, 11) is 0. The SMILES string of the molecule is CCCOc1cccc(CC(=O)NC(CC(=O)O)c2ccccc2C)c1. The number of hydrogen-bond acceptors (Lipinski definition) is 3. The molecule has 0 spiro atoms. The van der Waals surface area contributed by atoms with Crippen LogP contribution >= 0.6 is 0 Å². The third-order valence-electron chi connectivity index (χ3n) is 4.01. The molecular formula is C21H25NO4. The van der Waals surface area contributed by atoms with E-state index in [-0.39, 0.29) is 18.7 Å². The van der Waals surface area contributed by atoms with Crippen molar-refractivity contribution in [3.05, 3.63) is 65.2 Å². The lowest BCUT2D eigenvalue weighted by atomic mass is 9.98. The number of carbonyl (C=O) groups is 2. The van der Waals surface area contributed by atoms with Crippen molar-refractivity contribution in [2.24, 2.45) is 0 Å². The van der Waals surface area contributed by atoms with Gasteiger partial charge in [0.05, 0.1) is 25.5 Å². The zero-order chi connectivity index (χ0) is 18.9. The molecule has 0 bridgehead atoms. The molecular weight excluding hydrogens is 330 g/mol. The molecule has 0 aliphatic heterocycles. The lowest BCUT2D eigenvalue weighted by molar-refractivity contribution is -0.137. The molecule has 0 aliphatic rings. The average molecular weight is 355 g/mol. The fourth-order valence-corrected chi connectivity index (χ4v) is 2.79. The monoisotopic (exact) mass is 355 g/mol. The van der Waals surface area contributed by atoms with Gasteiger partial charge >= 0.3 is 5.97 Å². The first-order chi connectivity index (χ1) is 12.5. The van der Waals surface area contributed by atoms with Gasteiger partial charge in [-0.05, 0) is 42.2 Å². The van der Waals surface area contributed by atoms with Gasteiger partial charge in [0.1, 0.15) is 5.75 Å². The van der Waals surface area contributed by atoms with Gasteiger partial charge in [0.15, 0.2) is 0 Å². The number of ether oxygens (including phenoxy) is 1. The van der Waals surface area contributed by atoms with Crippen LogP contribution in [-0.2, 0) is 16.0 Å². The van der Waals surface area contributed by atoms with Crippen molar-refractivity contribution in [1.29, 1.82) is 0 Å². The molecule has 1 amide bonds. The highest BCUT2D eigenvalue weighted by Gasteiger charge is 2.19. The van der Waals surface area contributed by atoms with Gasteiger partial charge in [-0.25, -0.2) is 0 Å². The second kappa shape index (κ2) is 9.61. The maximum atomic E-state index is 12.5. The Bertz CT molecular complexity index is 757. The minimum atomic E-state index is -0.950. The van der Waals surface area contributed by atoms with Gasteiger partial charge in [-0.1, -0.05) is 43.3 Å². The van der Waals surface area contributed by atoms with E-state index in [0.29, 0.717) is 6.61 Å². The van der Waals surface area contributed by atoms with Gasteiger partial charge in [0.25, 0.3) is 0 Å². The molecule has 0 heterocycles. The molecule has 0 saturated carbocycles. The predicted molar refractivity (Wildman–Crippen MR) is 100 cm³/mol. The third kappa shape index (κ3) is 5.92. The van der Waals surface area contributed by atoms with Crippen LogP contribution in [0.5, 0.6) is 5.75 Å². The number of benzene rings is 2. The number of nitrogens with one attached hydrogen (secondary N) is 1. The number of aryl methyl sites for hydroxylation is 1. The highest BCUT2D eigenvalue weighted by Crippen LogP contribution is 2.21. The Morgan fingerprint density at radius 3 is 2.62 bits per heavy atom. The summed E-state index contributed by atoms with van der Waals surface area (Å²) in [5, 5.41) is 12.0. The van der Waals surface area contributed by atoms with Gasteiger partial charge in [0, 0.05) is 0 Å². The summed E-state index contributed by atoms with van der Waals surface area (Å²) < 4.78 is 5.59. The van der Waals surface area contributed by atoms with Crippen LogP contribution < -0.4 is 10.1 Å². The van der Waals surface area contributed by atoms with Crippen LogP contribution in [0.1, 0.15) is 42.5 Å². The number of amides is 1. The first-order valence-corrected chi connectivity index (χ1v) is 8.78. The van der Waals surface area contributed by atoms with Crippen molar-refractivity contribution in [2.75, 3.05) is 6.61 Å². The van der Waals surface area contributed by atoms with E-state index < -0.39 is 12.0 Å². The van der Waals surface area contributed by atoms with E-state index in [0.717, 1.165) is 28.9 Å². The molecule has 0 aromatic heterocycles. The van der Waals surface area contributed by atoms with Crippen LogP contribution in [0.25, 0.3) is 0 Å². The van der Waals surface area contributed by atoms with Crippen LogP contribution in [0.2, 0.25) is 0 Å². The largest absolute Gasteiger partial charge is 0.494 e. The molecule has 5 nitrogen and oxygen atoms in total. The number of rotatable bonds is 9. The molecule has 5 heteroatoms. The minimum absolute atomic E-state index is 0.157. The van der Waals surface area contributed by atoms with Crippen LogP contribution in [0, 0.1) is 6.92 Å². The van der Waals surface area contributed by atoms with Gasteiger partial charge in [-0.3, -0.25) is 9.59 Å². The number of aliphatic carboxylic acids is 1. The molecule has 0 aliphatic carbocycles. The molecule has 1 unspecified atom stereocenters. The Balaban J connectivity index is 2.08. The maximum absolute atomic E-state index is 12.5. The van der Waals surface area contributed by atoms with Crippen LogP contribution in [0.3, 0.4) is 0 Å². The first-order valence-electron chi connectivity index (χ1n) is 8.78. The summed E-state index contributed by atoms with van der Waals surface area (Å²) in [5.41, 5.74) is 2.60. The van der Waals surface area contributed by atoms with Gasteiger partial charge < -0.3 is 15.2 Å². The molecule has 0 fully saturated rings. The van der Waals surface area contributed by atoms with Crippen LogP contribution in [0.15, 0.2) is 48.5 Å². The minimum Gasteiger partial charge on any atom is -0.494 e. The second-order valence-electron chi connectivity index (χ2n) is 6.25. The van der Waals surface area contributed by atoms with Crippen LogP contribution in [-0.4, -0.2) is 23.6 Å². The van der Waals surface area contributed by atoms with E-state index >= 15 is 0 Å². The Kier molecular flexibility index (Phi) is 7.21. The summed E-state index contributed by atoms with van der Waals surface area (Å²) in [6.07, 6.45) is 0.930. The Morgan fingerprint density at radius 1 is 1.15 bits per heavy atom. The molecule has 2 N–H and O–H groups in total. The smallest absolute Gasteiger partial charge is 0.305 e. The maximum Gasteiger partial charge on any atom is 0.305 e. The first kappa shape index (κ1) is 19.5.